The van der Waals surface area contributed by atoms with E-state index in [9.17, 15) is 4.79 Å². The Kier molecular flexibility index (Phi) is 4.17. The molecule has 1 N–H and O–H groups in total. The van der Waals surface area contributed by atoms with Gasteiger partial charge in [-0.25, -0.2) is 4.98 Å². The fourth-order valence-electron chi connectivity index (χ4n) is 3.61. The fourth-order valence-corrected chi connectivity index (χ4v) is 3.61. The number of carbonyl (C=O) groups is 1. The maximum atomic E-state index is 12.7. The minimum atomic E-state index is -0.218. The lowest BCUT2D eigenvalue weighted by atomic mass is 10.0. The van der Waals surface area contributed by atoms with Gasteiger partial charge < -0.3 is 19.4 Å². The monoisotopic (exact) mass is 384 g/mol. The molecule has 1 atom stereocenters. The summed E-state index contributed by atoms with van der Waals surface area (Å²) in [5.74, 6) is 0.771. The minimum absolute atomic E-state index is 0.0107. The number of amides is 1. The molecule has 1 amide bonds. The second-order valence-electron chi connectivity index (χ2n) is 7.06. The Labute approximate surface area is 168 Å². The van der Waals surface area contributed by atoms with Gasteiger partial charge in [0.15, 0.2) is 0 Å². The van der Waals surface area contributed by atoms with Gasteiger partial charge in [0.2, 0.25) is 0 Å². The number of carbonyl (C=O) groups excluding carboxylic acids is 1. The van der Waals surface area contributed by atoms with Crippen LogP contribution in [0.5, 0.6) is 5.75 Å². The summed E-state index contributed by atoms with van der Waals surface area (Å²) in [6.07, 6.45) is 3.71. The van der Waals surface area contributed by atoms with Gasteiger partial charge in [-0.1, -0.05) is 30.3 Å². The Morgan fingerprint density at radius 3 is 2.66 bits per heavy atom. The number of hydrogen-bond acceptors (Lipinski definition) is 4. The molecule has 2 aromatic carbocycles. The van der Waals surface area contributed by atoms with Crippen molar-refractivity contribution in [1.29, 1.82) is 0 Å². The van der Waals surface area contributed by atoms with Gasteiger partial charge in [-0.3, -0.25) is 4.79 Å². The highest BCUT2D eigenvalue weighted by Crippen LogP contribution is 2.32. The summed E-state index contributed by atoms with van der Waals surface area (Å²) in [6, 6.07) is 21.3. The van der Waals surface area contributed by atoms with Crippen LogP contribution in [0, 0.1) is 0 Å². The molecule has 3 heterocycles. The first-order valence-electron chi connectivity index (χ1n) is 9.47. The molecular formula is C23H20N4O2. The van der Waals surface area contributed by atoms with E-state index in [1.165, 1.54) is 0 Å². The van der Waals surface area contributed by atoms with Crippen molar-refractivity contribution in [2.24, 2.45) is 0 Å². The zero-order valence-corrected chi connectivity index (χ0v) is 15.9. The van der Waals surface area contributed by atoms with E-state index in [4.69, 9.17) is 4.74 Å². The molecule has 144 valence electrons. The molecular weight excluding hydrogens is 364 g/mol. The van der Waals surface area contributed by atoms with Gasteiger partial charge in [0.05, 0.1) is 11.3 Å². The molecule has 0 saturated heterocycles. The summed E-state index contributed by atoms with van der Waals surface area (Å²) in [6.45, 7) is 0.397. The van der Waals surface area contributed by atoms with Gasteiger partial charge in [-0.15, -0.1) is 0 Å². The maximum Gasteiger partial charge on any atom is 0.257 e. The van der Waals surface area contributed by atoms with Gasteiger partial charge in [-0.2, -0.15) is 0 Å². The van der Waals surface area contributed by atoms with E-state index in [0.29, 0.717) is 12.2 Å². The number of hydrogen-bond donors (Lipinski definition) is 1. The predicted octanol–water partition coefficient (Wildman–Crippen LogP) is 4.11. The Bertz CT molecular complexity index is 1150. The molecule has 29 heavy (non-hydrogen) atoms. The molecule has 0 saturated carbocycles. The number of aromatic nitrogens is 2. The number of nitrogens with one attached hydrogen (secondary N) is 1. The predicted molar refractivity (Wildman–Crippen MR) is 111 cm³/mol. The number of benzene rings is 2. The van der Waals surface area contributed by atoms with Crippen LogP contribution in [0.2, 0.25) is 0 Å². The van der Waals surface area contributed by atoms with E-state index in [-0.39, 0.29) is 12.1 Å². The topological polar surface area (TPSA) is 58.9 Å². The zero-order chi connectivity index (χ0) is 19.8. The van der Waals surface area contributed by atoms with Crippen LogP contribution in [0.1, 0.15) is 27.8 Å². The first kappa shape index (κ1) is 17.3. The van der Waals surface area contributed by atoms with E-state index in [1.54, 1.807) is 4.90 Å². The zero-order valence-electron chi connectivity index (χ0n) is 15.9. The van der Waals surface area contributed by atoms with Crippen LogP contribution >= 0.6 is 0 Å². The van der Waals surface area contributed by atoms with Crippen LogP contribution < -0.4 is 10.1 Å². The molecule has 2 aromatic heterocycles. The van der Waals surface area contributed by atoms with Gasteiger partial charge in [-0.05, 0) is 42.0 Å². The molecule has 6 heteroatoms. The Morgan fingerprint density at radius 1 is 1.03 bits per heavy atom. The molecule has 1 aliphatic rings. The highest BCUT2D eigenvalue weighted by molar-refractivity contribution is 6.01. The van der Waals surface area contributed by atoms with Gasteiger partial charge >= 0.3 is 0 Å². The third-order valence-corrected chi connectivity index (χ3v) is 5.15. The second-order valence-corrected chi connectivity index (χ2v) is 7.06. The number of rotatable bonds is 4. The van der Waals surface area contributed by atoms with Crippen LogP contribution in [0.25, 0.3) is 5.65 Å². The number of pyridine rings is 1. The number of para-hydroxylation sites is 1. The Morgan fingerprint density at radius 2 is 1.83 bits per heavy atom. The van der Waals surface area contributed by atoms with Crippen molar-refractivity contribution in [1.82, 2.24) is 14.3 Å². The number of fused-ring (bicyclic) bond motifs is 2. The molecule has 0 radical (unpaired) electrons. The van der Waals surface area contributed by atoms with Gasteiger partial charge in [0, 0.05) is 25.1 Å². The number of ether oxygens (including phenoxy) is 1. The first-order valence-corrected chi connectivity index (χ1v) is 9.47. The highest BCUT2D eigenvalue weighted by atomic mass is 16.5. The molecule has 0 bridgehead atoms. The van der Waals surface area contributed by atoms with Gasteiger partial charge in [0.1, 0.15) is 24.2 Å². The number of nitrogens with zero attached hydrogens (tertiary/aromatic N) is 3. The SMILES string of the molecule is CN1C(=O)c2ccccc2NC1c1ccc(OCc2cn3ccccc3n2)cc1. The van der Waals surface area contributed by atoms with E-state index in [2.05, 4.69) is 10.3 Å². The summed E-state index contributed by atoms with van der Waals surface area (Å²) in [7, 11) is 1.81. The van der Waals surface area contributed by atoms with Crippen LogP contribution in [-0.4, -0.2) is 27.2 Å². The normalized spacial score (nSPS) is 15.8. The van der Waals surface area contributed by atoms with Crippen molar-refractivity contribution >= 4 is 17.2 Å². The van der Waals surface area contributed by atoms with E-state index in [1.807, 2.05) is 90.6 Å². The number of imidazole rings is 1. The van der Waals surface area contributed by atoms with E-state index < -0.39 is 0 Å². The van der Waals surface area contributed by atoms with Gasteiger partial charge in [0.25, 0.3) is 5.91 Å². The average molecular weight is 384 g/mol. The second kappa shape index (κ2) is 6.98. The largest absolute Gasteiger partial charge is 0.487 e. The molecule has 6 nitrogen and oxygen atoms in total. The van der Waals surface area contributed by atoms with Crippen molar-refractivity contribution in [2.45, 2.75) is 12.8 Å². The minimum Gasteiger partial charge on any atom is -0.487 e. The lowest BCUT2D eigenvalue weighted by Gasteiger charge is -2.35. The van der Waals surface area contributed by atoms with E-state index in [0.717, 1.165) is 28.3 Å². The van der Waals surface area contributed by atoms with Crippen LogP contribution in [0.15, 0.2) is 79.1 Å². The lowest BCUT2D eigenvalue weighted by molar-refractivity contribution is 0.0735. The highest BCUT2D eigenvalue weighted by Gasteiger charge is 2.29. The maximum absolute atomic E-state index is 12.7. The Hall–Kier alpha value is -3.80. The summed E-state index contributed by atoms with van der Waals surface area (Å²) in [5.41, 5.74) is 4.32. The summed E-state index contributed by atoms with van der Waals surface area (Å²) >= 11 is 0. The quantitative estimate of drug-likeness (QED) is 0.575. The average Bonchev–Trinajstić information content (AvgIpc) is 3.18. The molecule has 0 aliphatic carbocycles. The summed E-state index contributed by atoms with van der Waals surface area (Å²) in [4.78, 5) is 18.9. The molecule has 5 rings (SSSR count). The standard InChI is InChI=1S/C23H20N4O2/c1-26-22(25-20-7-3-2-6-19(20)23(26)28)16-9-11-18(12-10-16)29-15-17-14-27-13-5-4-8-21(27)24-17/h2-14,22,25H,15H2,1H3. The Balaban J connectivity index is 1.30. The molecule has 4 aromatic rings. The summed E-state index contributed by atoms with van der Waals surface area (Å²) < 4.78 is 7.86. The van der Waals surface area contributed by atoms with Crippen LogP contribution in [-0.2, 0) is 6.61 Å². The van der Waals surface area contributed by atoms with Crippen molar-refractivity contribution < 1.29 is 9.53 Å². The first-order chi connectivity index (χ1) is 14.2. The summed E-state index contributed by atoms with van der Waals surface area (Å²) in [5, 5.41) is 3.44. The number of anilines is 1. The van der Waals surface area contributed by atoms with Crippen LogP contribution in [0.4, 0.5) is 5.69 Å². The molecule has 0 fully saturated rings. The van der Waals surface area contributed by atoms with Crippen LogP contribution in [0.3, 0.4) is 0 Å². The van der Waals surface area contributed by atoms with Crippen molar-refractivity contribution in [3.05, 3.63) is 95.9 Å². The molecule has 0 spiro atoms. The smallest absolute Gasteiger partial charge is 0.257 e. The third kappa shape index (κ3) is 3.18. The van der Waals surface area contributed by atoms with Crippen molar-refractivity contribution in [3.8, 4) is 5.75 Å². The fraction of sp³-hybridized carbons (Fsp3) is 0.130. The molecule has 1 aliphatic heterocycles. The lowest BCUT2D eigenvalue weighted by Crippen LogP contribution is -2.40. The van der Waals surface area contributed by atoms with E-state index >= 15 is 0 Å². The van der Waals surface area contributed by atoms with Crippen molar-refractivity contribution in [2.75, 3.05) is 12.4 Å². The van der Waals surface area contributed by atoms with Crippen molar-refractivity contribution in [3.63, 3.8) is 0 Å². The molecule has 1 unspecified atom stereocenters. The third-order valence-electron chi connectivity index (χ3n) is 5.15.